The van der Waals surface area contributed by atoms with Crippen LogP contribution < -0.4 is 5.32 Å². The summed E-state index contributed by atoms with van der Waals surface area (Å²) in [5.41, 5.74) is 2.52. The van der Waals surface area contributed by atoms with Gasteiger partial charge in [0.15, 0.2) is 0 Å². The second kappa shape index (κ2) is 8.45. The molecule has 1 heterocycles. The van der Waals surface area contributed by atoms with Gasteiger partial charge >= 0.3 is 0 Å². The average molecular weight is 401 g/mol. The number of rotatable bonds is 5. The molecule has 0 aromatic heterocycles. The van der Waals surface area contributed by atoms with Crippen molar-refractivity contribution in [2.75, 3.05) is 13.1 Å². The Morgan fingerprint density at radius 2 is 1.75 bits per heavy atom. The Bertz CT molecular complexity index is 931. The Labute approximate surface area is 167 Å². The monoisotopic (exact) mass is 400 g/mol. The van der Waals surface area contributed by atoms with E-state index in [2.05, 4.69) is 12.2 Å². The van der Waals surface area contributed by atoms with Crippen molar-refractivity contribution in [3.05, 3.63) is 65.2 Å². The van der Waals surface area contributed by atoms with E-state index in [0.29, 0.717) is 24.6 Å². The molecule has 5 nitrogen and oxygen atoms in total. The van der Waals surface area contributed by atoms with Gasteiger partial charge in [0.25, 0.3) is 5.91 Å². The maximum absolute atomic E-state index is 12.9. The summed E-state index contributed by atoms with van der Waals surface area (Å²) in [6.07, 6.45) is 1.74. The summed E-state index contributed by atoms with van der Waals surface area (Å²) in [5, 5.41) is 2.95. The molecular formula is C22H28N2O3S. The quantitative estimate of drug-likeness (QED) is 0.828. The molecule has 0 radical (unpaired) electrons. The number of hydrogen-bond donors (Lipinski definition) is 1. The number of piperidine rings is 1. The second-order valence-corrected chi connectivity index (χ2v) is 9.66. The van der Waals surface area contributed by atoms with Gasteiger partial charge in [-0.25, -0.2) is 8.42 Å². The highest BCUT2D eigenvalue weighted by Crippen LogP contribution is 2.24. The Kier molecular flexibility index (Phi) is 6.20. The normalized spacial score (nSPS) is 17.2. The molecule has 3 rings (SSSR count). The Morgan fingerprint density at radius 1 is 1.11 bits per heavy atom. The second-order valence-electron chi connectivity index (χ2n) is 7.72. The van der Waals surface area contributed by atoms with Crippen molar-refractivity contribution in [2.45, 2.75) is 44.6 Å². The molecule has 1 saturated heterocycles. The standard InChI is InChI=1S/C22H28N2O3S/c1-16-7-9-19(10-8-16)18(3)23-22(25)20-5-4-6-21(15-20)28(26,27)24-13-11-17(2)12-14-24/h4-10,15,17-18H,11-14H2,1-3H3,(H,23,25). The Balaban J connectivity index is 1.75. The van der Waals surface area contributed by atoms with E-state index in [1.165, 1.54) is 10.4 Å². The molecule has 1 aliphatic rings. The SMILES string of the molecule is Cc1ccc(C(C)NC(=O)c2cccc(S(=O)(=O)N3CCC(C)CC3)c2)cc1. The molecule has 2 aromatic rings. The lowest BCUT2D eigenvalue weighted by Crippen LogP contribution is -2.38. The van der Waals surface area contributed by atoms with Crippen LogP contribution in [-0.4, -0.2) is 31.7 Å². The molecule has 1 amide bonds. The first-order valence-corrected chi connectivity index (χ1v) is 11.2. The number of aryl methyl sites for hydroxylation is 1. The molecule has 1 aliphatic heterocycles. The van der Waals surface area contributed by atoms with Crippen molar-refractivity contribution in [3.63, 3.8) is 0 Å². The lowest BCUT2D eigenvalue weighted by molar-refractivity contribution is 0.0939. The largest absolute Gasteiger partial charge is 0.346 e. The molecular weight excluding hydrogens is 372 g/mol. The van der Waals surface area contributed by atoms with E-state index in [9.17, 15) is 13.2 Å². The number of nitrogens with one attached hydrogen (secondary N) is 1. The topological polar surface area (TPSA) is 66.5 Å². The summed E-state index contributed by atoms with van der Waals surface area (Å²) in [7, 11) is -3.57. The van der Waals surface area contributed by atoms with Crippen LogP contribution >= 0.6 is 0 Å². The minimum Gasteiger partial charge on any atom is -0.346 e. The molecule has 0 aliphatic carbocycles. The molecule has 2 aromatic carbocycles. The molecule has 0 saturated carbocycles. The first-order chi connectivity index (χ1) is 13.3. The molecule has 1 unspecified atom stereocenters. The van der Waals surface area contributed by atoms with Crippen LogP contribution in [0.3, 0.4) is 0 Å². The van der Waals surface area contributed by atoms with Crippen LogP contribution in [0, 0.1) is 12.8 Å². The Hall–Kier alpha value is -2.18. The summed E-state index contributed by atoms with van der Waals surface area (Å²) < 4.78 is 27.4. The third kappa shape index (κ3) is 4.62. The van der Waals surface area contributed by atoms with Crippen molar-refractivity contribution in [2.24, 2.45) is 5.92 Å². The van der Waals surface area contributed by atoms with Gasteiger partial charge in [-0.15, -0.1) is 0 Å². The maximum atomic E-state index is 12.9. The van der Waals surface area contributed by atoms with Gasteiger partial charge in [-0.2, -0.15) is 4.31 Å². The molecule has 28 heavy (non-hydrogen) atoms. The Morgan fingerprint density at radius 3 is 2.39 bits per heavy atom. The van der Waals surface area contributed by atoms with Crippen LogP contribution in [0.15, 0.2) is 53.4 Å². The summed E-state index contributed by atoms with van der Waals surface area (Å²) in [6, 6.07) is 14.1. The van der Waals surface area contributed by atoms with Crippen LogP contribution in [-0.2, 0) is 10.0 Å². The highest BCUT2D eigenvalue weighted by atomic mass is 32.2. The van der Waals surface area contributed by atoms with Gasteiger partial charge in [-0.3, -0.25) is 4.79 Å². The van der Waals surface area contributed by atoms with Crippen LogP contribution in [0.1, 0.15) is 54.2 Å². The number of sulfonamides is 1. The number of nitrogens with zero attached hydrogens (tertiary/aromatic N) is 1. The first-order valence-electron chi connectivity index (χ1n) is 9.75. The fourth-order valence-electron chi connectivity index (χ4n) is 3.39. The van der Waals surface area contributed by atoms with Gasteiger partial charge in [-0.05, 0) is 56.4 Å². The minimum absolute atomic E-state index is 0.169. The fourth-order valence-corrected chi connectivity index (χ4v) is 4.91. The number of hydrogen-bond acceptors (Lipinski definition) is 3. The van der Waals surface area contributed by atoms with Crippen LogP contribution in [0.25, 0.3) is 0 Å². The minimum atomic E-state index is -3.57. The van der Waals surface area contributed by atoms with E-state index in [-0.39, 0.29) is 16.8 Å². The van der Waals surface area contributed by atoms with Crippen molar-refractivity contribution in [3.8, 4) is 0 Å². The third-order valence-electron chi connectivity index (χ3n) is 5.40. The number of carbonyl (C=O) groups excluding carboxylic acids is 1. The summed E-state index contributed by atoms with van der Waals surface area (Å²) in [4.78, 5) is 12.9. The first kappa shape index (κ1) is 20.6. The van der Waals surface area contributed by atoms with Gasteiger partial charge in [0.1, 0.15) is 0 Å². The van der Waals surface area contributed by atoms with Crippen LogP contribution in [0.2, 0.25) is 0 Å². The zero-order chi connectivity index (χ0) is 20.3. The van der Waals surface area contributed by atoms with Gasteiger partial charge in [0.2, 0.25) is 10.0 Å². The van der Waals surface area contributed by atoms with E-state index in [1.54, 1.807) is 18.2 Å². The highest BCUT2D eigenvalue weighted by molar-refractivity contribution is 7.89. The lowest BCUT2D eigenvalue weighted by atomic mass is 10.0. The van der Waals surface area contributed by atoms with Crippen LogP contribution in [0.4, 0.5) is 0 Å². The zero-order valence-corrected chi connectivity index (χ0v) is 17.5. The van der Waals surface area contributed by atoms with Gasteiger partial charge in [0, 0.05) is 18.7 Å². The summed E-state index contributed by atoms with van der Waals surface area (Å²) in [6.45, 7) is 7.14. The van der Waals surface area contributed by atoms with E-state index in [1.807, 2.05) is 38.1 Å². The van der Waals surface area contributed by atoms with Crippen LogP contribution in [0.5, 0.6) is 0 Å². The van der Waals surface area contributed by atoms with E-state index in [0.717, 1.165) is 24.0 Å². The van der Waals surface area contributed by atoms with Crippen molar-refractivity contribution in [1.82, 2.24) is 9.62 Å². The number of carbonyl (C=O) groups is 1. The average Bonchev–Trinajstić information content (AvgIpc) is 2.69. The van der Waals surface area contributed by atoms with Crippen molar-refractivity contribution >= 4 is 15.9 Å². The molecule has 0 bridgehead atoms. The molecule has 1 atom stereocenters. The molecule has 1 N–H and O–H groups in total. The molecule has 0 spiro atoms. The maximum Gasteiger partial charge on any atom is 0.251 e. The highest BCUT2D eigenvalue weighted by Gasteiger charge is 2.28. The van der Waals surface area contributed by atoms with Gasteiger partial charge in [-0.1, -0.05) is 42.8 Å². The zero-order valence-electron chi connectivity index (χ0n) is 16.7. The fraction of sp³-hybridized carbons (Fsp3) is 0.409. The number of benzene rings is 2. The predicted molar refractivity (Wildman–Crippen MR) is 111 cm³/mol. The molecule has 1 fully saturated rings. The van der Waals surface area contributed by atoms with Crippen molar-refractivity contribution < 1.29 is 13.2 Å². The van der Waals surface area contributed by atoms with E-state index in [4.69, 9.17) is 0 Å². The summed E-state index contributed by atoms with van der Waals surface area (Å²) in [5.74, 6) is 0.268. The van der Waals surface area contributed by atoms with Gasteiger partial charge in [0.05, 0.1) is 10.9 Å². The van der Waals surface area contributed by atoms with Crippen molar-refractivity contribution in [1.29, 1.82) is 0 Å². The van der Waals surface area contributed by atoms with E-state index >= 15 is 0 Å². The smallest absolute Gasteiger partial charge is 0.251 e. The van der Waals surface area contributed by atoms with Gasteiger partial charge < -0.3 is 5.32 Å². The molecule has 6 heteroatoms. The predicted octanol–water partition coefficient (Wildman–Crippen LogP) is 3.91. The third-order valence-corrected chi connectivity index (χ3v) is 7.30. The number of amides is 1. The lowest BCUT2D eigenvalue weighted by Gasteiger charge is -2.29. The van der Waals surface area contributed by atoms with E-state index < -0.39 is 10.0 Å². The molecule has 150 valence electrons. The summed E-state index contributed by atoms with van der Waals surface area (Å²) >= 11 is 0.